The van der Waals surface area contributed by atoms with Gasteiger partial charge in [0, 0.05) is 42.8 Å². The van der Waals surface area contributed by atoms with Gasteiger partial charge >= 0.3 is 6.18 Å². The Morgan fingerprint density at radius 3 is 2.52 bits per heavy atom. The van der Waals surface area contributed by atoms with E-state index in [0.717, 1.165) is 38.7 Å². The van der Waals surface area contributed by atoms with Crippen LogP contribution in [-0.2, 0) is 6.18 Å². The Morgan fingerprint density at radius 2 is 1.95 bits per heavy atom. The molecule has 0 amide bonds. The van der Waals surface area contributed by atoms with E-state index in [-0.39, 0.29) is 16.6 Å². The van der Waals surface area contributed by atoms with Crippen LogP contribution < -0.4 is 5.32 Å². The lowest BCUT2D eigenvalue weighted by atomic mass is 9.94. The van der Waals surface area contributed by atoms with E-state index in [9.17, 15) is 13.2 Å². The molecule has 0 bridgehead atoms. The molecule has 0 radical (unpaired) electrons. The predicted octanol–water partition coefficient (Wildman–Crippen LogP) is 4.11. The fraction of sp³-hybridized carbons (Fsp3) is 0.600. The van der Waals surface area contributed by atoms with E-state index in [2.05, 4.69) is 10.2 Å². The van der Waals surface area contributed by atoms with Gasteiger partial charge in [0.15, 0.2) is 0 Å². The highest BCUT2D eigenvalue weighted by atomic mass is 35.5. The van der Waals surface area contributed by atoms with Gasteiger partial charge < -0.3 is 5.32 Å². The minimum absolute atomic E-state index is 0.210. The molecule has 118 valence electrons. The Kier molecular flexibility index (Phi) is 5.52. The van der Waals surface area contributed by atoms with Gasteiger partial charge in [-0.3, -0.25) is 4.90 Å². The van der Waals surface area contributed by atoms with Crippen LogP contribution in [0.2, 0.25) is 5.02 Å². The maximum Gasteiger partial charge on any atom is 0.416 e. The fourth-order valence-electron chi connectivity index (χ4n) is 2.90. The largest absolute Gasteiger partial charge is 0.416 e. The number of halogens is 4. The molecule has 1 aromatic rings. The van der Waals surface area contributed by atoms with E-state index in [1.165, 1.54) is 6.07 Å². The van der Waals surface area contributed by atoms with Gasteiger partial charge in [-0.15, -0.1) is 0 Å². The van der Waals surface area contributed by atoms with E-state index in [1.807, 2.05) is 6.92 Å². The highest BCUT2D eigenvalue weighted by Crippen LogP contribution is 2.41. The normalized spacial score (nSPS) is 18.7. The summed E-state index contributed by atoms with van der Waals surface area (Å²) < 4.78 is 39.9. The van der Waals surface area contributed by atoms with Crippen LogP contribution in [0.3, 0.4) is 0 Å². The van der Waals surface area contributed by atoms with Crippen LogP contribution in [0.4, 0.5) is 13.2 Å². The summed E-state index contributed by atoms with van der Waals surface area (Å²) in [5.41, 5.74) is -0.373. The van der Waals surface area contributed by atoms with Crippen molar-refractivity contribution >= 4 is 11.6 Å². The fourth-order valence-corrected chi connectivity index (χ4v) is 3.20. The molecule has 1 heterocycles. The first-order valence-electron chi connectivity index (χ1n) is 7.25. The van der Waals surface area contributed by atoms with Crippen LogP contribution in [0.25, 0.3) is 0 Å². The number of hydrogen-bond donors (Lipinski definition) is 1. The van der Waals surface area contributed by atoms with Gasteiger partial charge in [0.05, 0.1) is 5.56 Å². The molecule has 0 aliphatic carbocycles. The van der Waals surface area contributed by atoms with Gasteiger partial charge in [-0.1, -0.05) is 31.0 Å². The second kappa shape index (κ2) is 6.99. The minimum Gasteiger partial charge on any atom is -0.314 e. The van der Waals surface area contributed by atoms with E-state index in [1.54, 1.807) is 6.07 Å². The monoisotopic (exact) mass is 320 g/mol. The summed E-state index contributed by atoms with van der Waals surface area (Å²) in [7, 11) is 0. The van der Waals surface area contributed by atoms with Gasteiger partial charge in [0.2, 0.25) is 0 Å². The zero-order chi connectivity index (χ0) is 15.5. The third-order valence-electron chi connectivity index (χ3n) is 3.85. The highest BCUT2D eigenvalue weighted by molar-refractivity contribution is 6.31. The molecule has 6 heteroatoms. The van der Waals surface area contributed by atoms with Gasteiger partial charge in [-0.05, 0) is 18.6 Å². The zero-order valence-electron chi connectivity index (χ0n) is 12.0. The number of nitrogens with one attached hydrogen (secondary N) is 1. The van der Waals surface area contributed by atoms with E-state index >= 15 is 0 Å². The second-order valence-corrected chi connectivity index (χ2v) is 5.70. The molecule has 1 aliphatic rings. The summed E-state index contributed by atoms with van der Waals surface area (Å²) in [6.45, 7) is 5.07. The molecule has 1 atom stereocenters. The molecule has 0 unspecified atom stereocenters. The third-order valence-corrected chi connectivity index (χ3v) is 4.18. The van der Waals surface area contributed by atoms with Gasteiger partial charge in [0.1, 0.15) is 0 Å². The van der Waals surface area contributed by atoms with Crippen LogP contribution in [-0.4, -0.2) is 31.1 Å². The molecule has 0 spiro atoms. The first-order chi connectivity index (χ1) is 9.95. The number of alkyl halides is 3. The van der Waals surface area contributed by atoms with Crippen molar-refractivity contribution in [2.45, 2.75) is 32.0 Å². The molecule has 21 heavy (non-hydrogen) atoms. The third kappa shape index (κ3) is 3.90. The van der Waals surface area contributed by atoms with Crippen molar-refractivity contribution in [2.24, 2.45) is 0 Å². The molecule has 2 rings (SSSR count). The first kappa shape index (κ1) is 16.6. The van der Waals surface area contributed by atoms with Gasteiger partial charge in [-0.2, -0.15) is 13.2 Å². The van der Waals surface area contributed by atoms with Crippen molar-refractivity contribution in [1.29, 1.82) is 0 Å². The van der Waals surface area contributed by atoms with Gasteiger partial charge in [-0.25, -0.2) is 0 Å². The summed E-state index contributed by atoms with van der Waals surface area (Å²) in [5.74, 6) is 0. The standard InChI is InChI=1S/C15H20ClF3N2/c1-2-4-13(21-9-7-20-8-10-21)14-11(15(17,18)19)5-3-6-12(14)16/h3,5-6,13,20H,2,4,7-10H2,1H3/t13-/m1/s1. The lowest BCUT2D eigenvalue weighted by molar-refractivity contribution is -0.138. The van der Waals surface area contributed by atoms with Crippen LogP contribution >= 0.6 is 11.6 Å². The molecule has 0 saturated carbocycles. The Hall–Kier alpha value is -0.780. The molecule has 2 nitrogen and oxygen atoms in total. The Balaban J connectivity index is 2.43. The first-order valence-corrected chi connectivity index (χ1v) is 7.63. The van der Waals surface area contributed by atoms with E-state index in [4.69, 9.17) is 11.6 Å². The van der Waals surface area contributed by atoms with Crippen molar-refractivity contribution < 1.29 is 13.2 Å². The number of rotatable bonds is 4. The highest BCUT2D eigenvalue weighted by Gasteiger charge is 2.37. The predicted molar refractivity (Wildman–Crippen MR) is 78.5 cm³/mol. The van der Waals surface area contributed by atoms with Crippen molar-refractivity contribution in [1.82, 2.24) is 10.2 Å². The molecular formula is C15H20ClF3N2. The van der Waals surface area contributed by atoms with Crippen molar-refractivity contribution in [3.8, 4) is 0 Å². The number of piperazine rings is 1. The van der Waals surface area contributed by atoms with Crippen LogP contribution in [0, 0.1) is 0 Å². The smallest absolute Gasteiger partial charge is 0.314 e. The maximum atomic E-state index is 13.3. The van der Waals surface area contributed by atoms with Crippen LogP contribution in [0.5, 0.6) is 0 Å². The van der Waals surface area contributed by atoms with E-state index in [0.29, 0.717) is 6.42 Å². The Morgan fingerprint density at radius 1 is 1.29 bits per heavy atom. The number of hydrogen-bond acceptors (Lipinski definition) is 2. The second-order valence-electron chi connectivity index (χ2n) is 5.29. The van der Waals surface area contributed by atoms with Crippen LogP contribution in [0.15, 0.2) is 18.2 Å². The average molecular weight is 321 g/mol. The van der Waals surface area contributed by atoms with Crippen molar-refractivity contribution in [3.05, 3.63) is 34.3 Å². The van der Waals surface area contributed by atoms with Crippen molar-refractivity contribution in [2.75, 3.05) is 26.2 Å². The summed E-state index contributed by atoms with van der Waals surface area (Å²) in [5, 5.41) is 3.44. The molecule has 0 aromatic heterocycles. The minimum atomic E-state index is -4.37. The zero-order valence-corrected chi connectivity index (χ0v) is 12.8. The summed E-state index contributed by atoms with van der Waals surface area (Å²) in [6, 6.07) is 3.78. The molecule has 1 aromatic carbocycles. The lowest BCUT2D eigenvalue weighted by Crippen LogP contribution is -2.45. The molecular weight excluding hydrogens is 301 g/mol. The topological polar surface area (TPSA) is 15.3 Å². The summed E-state index contributed by atoms with van der Waals surface area (Å²) in [4.78, 5) is 2.11. The number of benzene rings is 1. The Labute approximate surface area is 128 Å². The van der Waals surface area contributed by atoms with E-state index < -0.39 is 11.7 Å². The summed E-state index contributed by atoms with van der Waals surface area (Å²) in [6.07, 6.45) is -2.88. The molecule has 1 fully saturated rings. The van der Waals surface area contributed by atoms with Crippen molar-refractivity contribution in [3.63, 3.8) is 0 Å². The molecule has 1 aliphatic heterocycles. The van der Waals surface area contributed by atoms with Crippen LogP contribution in [0.1, 0.15) is 36.9 Å². The Bertz CT molecular complexity index is 470. The van der Waals surface area contributed by atoms with Gasteiger partial charge in [0.25, 0.3) is 0 Å². The quantitative estimate of drug-likeness (QED) is 0.898. The number of nitrogens with zero attached hydrogens (tertiary/aromatic N) is 1. The summed E-state index contributed by atoms with van der Waals surface area (Å²) >= 11 is 6.14. The average Bonchev–Trinajstić information content (AvgIpc) is 2.45. The SMILES string of the molecule is CCC[C@H](c1c(Cl)cccc1C(F)(F)F)N1CCNCC1. The molecule has 1 N–H and O–H groups in total. The molecule has 1 saturated heterocycles. The lowest BCUT2D eigenvalue weighted by Gasteiger charge is -2.36. The maximum absolute atomic E-state index is 13.3.